The number of anilines is 1. The summed E-state index contributed by atoms with van der Waals surface area (Å²) >= 11 is 0. The fraction of sp³-hybridized carbons (Fsp3) is 0.333. The third-order valence-corrected chi connectivity index (χ3v) is 6.85. The van der Waals surface area contributed by atoms with Crippen molar-refractivity contribution in [3.63, 3.8) is 0 Å². The Morgan fingerprint density at radius 1 is 1.00 bits per heavy atom. The molecule has 0 aliphatic heterocycles. The first-order valence-electron chi connectivity index (χ1n) is 8.95. The maximum atomic E-state index is 12.8. The van der Waals surface area contributed by atoms with Gasteiger partial charge in [-0.3, -0.25) is 4.79 Å². The third-order valence-electron chi connectivity index (χ3n) is 5.12. The molecule has 2 aromatic carbocycles. The van der Waals surface area contributed by atoms with E-state index in [9.17, 15) is 13.2 Å². The standard InChI is InChI=1S/C21H25N3O3S/c1-13-14(2)16(4)21(17(5)15(13)3)28(26,27)23-10-9-20(25)24-19-8-6-7-18(11-19)12-22/h6-8,11,23H,9-10H2,1-5H3,(H,24,25). The Hall–Kier alpha value is -2.69. The van der Waals surface area contributed by atoms with E-state index in [1.165, 1.54) is 0 Å². The van der Waals surface area contributed by atoms with Gasteiger partial charge in [-0.05, 0) is 80.6 Å². The minimum absolute atomic E-state index is 0.0159. The molecule has 2 aromatic rings. The predicted octanol–water partition coefficient (Wildman–Crippen LogP) is 3.41. The Balaban J connectivity index is 2.08. The summed E-state index contributed by atoms with van der Waals surface area (Å²) in [6, 6.07) is 8.55. The minimum atomic E-state index is -3.74. The molecule has 2 rings (SSSR count). The highest BCUT2D eigenvalue weighted by Crippen LogP contribution is 2.29. The second kappa shape index (κ2) is 8.55. The van der Waals surface area contributed by atoms with Crippen molar-refractivity contribution in [3.8, 4) is 6.07 Å². The van der Waals surface area contributed by atoms with E-state index in [0.29, 0.717) is 11.3 Å². The zero-order chi connectivity index (χ0) is 21.1. The molecule has 0 saturated heterocycles. The van der Waals surface area contributed by atoms with E-state index < -0.39 is 10.0 Å². The summed E-state index contributed by atoms with van der Waals surface area (Å²) in [6.45, 7) is 9.41. The van der Waals surface area contributed by atoms with Crippen LogP contribution in [0.4, 0.5) is 5.69 Å². The predicted molar refractivity (Wildman–Crippen MR) is 110 cm³/mol. The first-order chi connectivity index (χ1) is 13.1. The summed E-state index contributed by atoms with van der Waals surface area (Å²) in [5.41, 5.74) is 5.40. The molecule has 0 bridgehead atoms. The van der Waals surface area contributed by atoms with E-state index in [-0.39, 0.29) is 23.8 Å². The van der Waals surface area contributed by atoms with Crippen LogP contribution < -0.4 is 10.0 Å². The quantitative estimate of drug-likeness (QED) is 0.777. The molecule has 0 spiro atoms. The summed E-state index contributed by atoms with van der Waals surface area (Å²) in [4.78, 5) is 12.4. The van der Waals surface area contributed by atoms with Crippen molar-refractivity contribution in [2.45, 2.75) is 45.9 Å². The van der Waals surface area contributed by atoms with Crippen LogP contribution in [0.25, 0.3) is 0 Å². The highest BCUT2D eigenvalue weighted by Gasteiger charge is 2.23. The van der Waals surface area contributed by atoms with E-state index in [0.717, 1.165) is 27.8 Å². The van der Waals surface area contributed by atoms with Gasteiger partial charge in [-0.2, -0.15) is 5.26 Å². The van der Waals surface area contributed by atoms with Crippen molar-refractivity contribution in [2.75, 3.05) is 11.9 Å². The lowest BCUT2D eigenvalue weighted by molar-refractivity contribution is -0.116. The number of hydrogen-bond acceptors (Lipinski definition) is 4. The number of hydrogen-bond donors (Lipinski definition) is 2. The highest BCUT2D eigenvalue weighted by atomic mass is 32.2. The zero-order valence-electron chi connectivity index (χ0n) is 16.8. The molecular weight excluding hydrogens is 374 g/mol. The molecule has 1 amide bonds. The number of nitrogens with one attached hydrogen (secondary N) is 2. The average Bonchev–Trinajstić information content (AvgIpc) is 2.64. The van der Waals surface area contributed by atoms with E-state index in [2.05, 4.69) is 10.0 Å². The van der Waals surface area contributed by atoms with Crippen molar-refractivity contribution in [2.24, 2.45) is 0 Å². The lowest BCUT2D eigenvalue weighted by atomic mass is 9.95. The van der Waals surface area contributed by atoms with Gasteiger partial charge in [0.25, 0.3) is 0 Å². The summed E-state index contributed by atoms with van der Waals surface area (Å²) in [5.74, 6) is -0.331. The van der Waals surface area contributed by atoms with Crippen LogP contribution in [0, 0.1) is 45.9 Å². The van der Waals surface area contributed by atoms with E-state index in [4.69, 9.17) is 5.26 Å². The maximum absolute atomic E-state index is 12.8. The molecule has 2 N–H and O–H groups in total. The van der Waals surface area contributed by atoms with Crippen LogP contribution in [0.2, 0.25) is 0 Å². The van der Waals surface area contributed by atoms with Crippen molar-refractivity contribution >= 4 is 21.6 Å². The molecule has 7 heteroatoms. The van der Waals surface area contributed by atoms with Crippen LogP contribution in [0.15, 0.2) is 29.2 Å². The number of nitriles is 1. The second-order valence-corrected chi connectivity index (χ2v) is 8.55. The summed E-state index contributed by atoms with van der Waals surface area (Å²) < 4.78 is 28.2. The highest BCUT2D eigenvalue weighted by molar-refractivity contribution is 7.89. The zero-order valence-corrected chi connectivity index (χ0v) is 17.6. The van der Waals surface area contributed by atoms with Crippen molar-refractivity contribution in [1.82, 2.24) is 4.72 Å². The van der Waals surface area contributed by atoms with E-state index >= 15 is 0 Å². The number of sulfonamides is 1. The van der Waals surface area contributed by atoms with Crippen LogP contribution in [-0.2, 0) is 14.8 Å². The molecule has 0 fully saturated rings. The number of rotatable bonds is 6. The topological polar surface area (TPSA) is 99.1 Å². The van der Waals surface area contributed by atoms with Gasteiger partial charge in [0.15, 0.2) is 0 Å². The fourth-order valence-electron chi connectivity index (χ4n) is 3.13. The van der Waals surface area contributed by atoms with Crippen LogP contribution in [0.5, 0.6) is 0 Å². The molecule has 6 nitrogen and oxygen atoms in total. The van der Waals surface area contributed by atoms with Crippen molar-refractivity contribution in [1.29, 1.82) is 5.26 Å². The largest absolute Gasteiger partial charge is 0.326 e. The van der Waals surface area contributed by atoms with Gasteiger partial charge in [-0.1, -0.05) is 6.07 Å². The number of carbonyl (C=O) groups excluding carboxylic acids is 1. The average molecular weight is 400 g/mol. The molecule has 28 heavy (non-hydrogen) atoms. The van der Waals surface area contributed by atoms with Crippen LogP contribution >= 0.6 is 0 Å². The molecule has 148 valence electrons. The summed E-state index contributed by atoms with van der Waals surface area (Å²) in [5, 5.41) is 11.6. The molecule has 0 aliphatic rings. The van der Waals surface area contributed by atoms with Crippen molar-refractivity contribution in [3.05, 3.63) is 57.6 Å². The van der Waals surface area contributed by atoms with E-state index in [1.807, 2.05) is 26.8 Å². The molecule has 0 unspecified atom stereocenters. The van der Waals surface area contributed by atoms with Gasteiger partial charge in [0, 0.05) is 18.7 Å². The Morgan fingerprint density at radius 2 is 1.57 bits per heavy atom. The van der Waals surface area contributed by atoms with Crippen LogP contribution in [-0.4, -0.2) is 20.9 Å². The Morgan fingerprint density at radius 3 is 2.14 bits per heavy atom. The van der Waals surface area contributed by atoms with Crippen molar-refractivity contribution < 1.29 is 13.2 Å². The van der Waals surface area contributed by atoms with Gasteiger partial charge < -0.3 is 5.32 Å². The molecule has 0 aromatic heterocycles. The molecular formula is C21H25N3O3S. The SMILES string of the molecule is Cc1c(C)c(C)c(S(=O)(=O)NCCC(=O)Nc2cccc(C#N)c2)c(C)c1C. The number of carbonyl (C=O) groups is 1. The second-order valence-electron chi connectivity index (χ2n) is 6.84. The Kier molecular flexibility index (Phi) is 6.60. The molecule has 0 saturated carbocycles. The Labute approximate surface area is 166 Å². The first kappa shape index (κ1) is 21.6. The van der Waals surface area contributed by atoms with Gasteiger partial charge >= 0.3 is 0 Å². The summed E-state index contributed by atoms with van der Waals surface area (Å²) in [7, 11) is -3.74. The minimum Gasteiger partial charge on any atom is -0.326 e. The lowest BCUT2D eigenvalue weighted by Gasteiger charge is -2.19. The van der Waals surface area contributed by atoms with E-state index in [1.54, 1.807) is 38.1 Å². The fourth-order valence-corrected chi connectivity index (χ4v) is 4.76. The van der Waals surface area contributed by atoms with Gasteiger partial charge in [0.2, 0.25) is 15.9 Å². The van der Waals surface area contributed by atoms with Gasteiger partial charge in [-0.25, -0.2) is 13.1 Å². The lowest BCUT2D eigenvalue weighted by Crippen LogP contribution is -2.29. The normalized spacial score (nSPS) is 11.1. The van der Waals surface area contributed by atoms with Gasteiger partial charge in [0.1, 0.15) is 0 Å². The molecule has 0 heterocycles. The number of amides is 1. The third kappa shape index (κ3) is 4.58. The van der Waals surface area contributed by atoms with Gasteiger partial charge in [-0.15, -0.1) is 0 Å². The molecule has 0 aliphatic carbocycles. The smallest absolute Gasteiger partial charge is 0.241 e. The van der Waals surface area contributed by atoms with Crippen LogP contribution in [0.1, 0.15) is 39.8 Å². The monoisotopic (exact) mass is 399 g/mol. The number of nitrogens with zero attached hydrogens (tertiary/aromatic N) is 1. The number of benzene rings is 2. The first-order valence-corrected chi connectivity index (χ1v) is 10.4. The molecule has 0 radical (unpaired) electrons. The maximum Gasteiger partial charge on any atom is 0.241 e. The summed E-state index contributed by atoms with van der Waals surface area (Å²) in [6.07, 6.45) is -0.0159. The van der Waals surface area contributed by atoms with Gasteiger partial charge in [0.05, 0.1) is 16.5 Å². The molecule has 0 atom stereocenters. The Bertz CT molecular complexity index is 1040. The van der Waals surface area contributed by atoms with Crippen LogP contribution in [0.3, 0.4) is 0 Å².